The van der Waals surface area contributed by atoms with Crippen LogP contribution < -0.4 is 16.0 Å². The number of nitrogens with one attached hydrogen (secondary N) is 3. The highest BCUT2D eigenvalue weighted by atomic mass is 16.5. The summed E-state index contributed by atoms with van der Waals surface area (Å²) < 4.78 is 10.5. The lowest BCUT2D eigenvalue weighted by atomic mass is 9.99. The van der Waals surface area contributed by atoms with Crippen molar-refractivity contribution in [3.05, 3.63) is 53.7 Å². The smallest absolute Gasteiger partial charge is 0.408 e. The molecule has 10 heteroatoms. The highest BCUT2D eigenvalue weighted by Gasteiger charge is 2.32. The number of amides is 3. The Hall–Kier alpha value is -3.69. The molecule has 0 spiro atoms. The van der Waals surface area contributed by atoms with Gasteiger partial charge in [0.1, 0.15) is 18.4 Å². The predicted octanol–water partition coefficient (Wildman–Crippen LogP) is 1.28. The van der Waals surface area contributed by atoms with Gasteiger partial charge in [0, 0.05) is 13.0 Å². The van der Waals surface area contributed by atoms with Crippen molar-refractivity contribution in [3.8, 4) is 0 Å². The van der Waals surface area contributed by atoms with E-state index in [2.05, 4.69) is 20.9 Å². The molecular weight excluding hydrogens is 428 g/mol. The van der Waals surface area contributed by atoms with Gasteiger partial charge >= 0.3 is 6.09 Å². The summed E-state index contributed by atoms with van der Waals surface area (Å²) in [6.07, 6.45) is 1.51. The molecule has 3 N–H and O–H groups in total. The van der Waals surface area contributed by atoms with Gasteiger partial charge in [-0.1, -0.05) is 44.2 Å². The third-order valence-corrected chi connectivity index (χ3v) is 5.32. The molecule has 0 aliphatic carbocycles. The van der Waals surface area contributed by atoms with Crippen LogP contribution in [-0.4, -0.2) is 47.3 Å². The zero-order chi connectivity index (χ0) is 23.8. The van der Waals surface area contributed by atoms with Gasteiger partial charge in [0.15, 0.2) is 6.39 Å². The van der Waals surface area contributed by atoms with Crippen LogP contribution in [0.15, 0.2) is 41.1 Å². The maximum Gasteiger partial charge on any atom is 0.408 e. The molecule has 2 unspecified atom stereocenters. The Labute approximate surface area is 191 Å². The van der Waals surface area contributed by atoms with Crippen molar-refractivity contribution in [1.82, 2.24) is 20.9 Å². The number of carbonyl (C=O) groups excluding carboxylic acids is 4. The lowest BCUT2D eigenvalue weighted by Crippen LogP contribution is -2.55. The van der Waals surface area contributed by atoms with Gasteiger partial charge in [0.2, 0.25) is 11.7 Å². The number of alkyl carbamates (subject to hydrolysis) is 1. The molecule has 10 nitrogen and oxygen atoms in total. The van der Waals surface area contributed by atoms with Gasteiger partial charge in [-0.25, -0.2) is 9.78 Å². The van der Waals surface area contributed by atoms with E-state index in [1.54, 1.807) is 13.8 Å². The minimum absolute atomic E-state index is 0.0560. The van der Waals surface area contributed by atoms with E-state index in [1.807, 2.05) is 30.3 Å². The average molecular weight is 456 g/mol. The fraction of sp³-hybridized carbons (Fsp3) is 0.435. The van der Waals surface area contributed by atoms with Crippen LogP contribution in [-0.2, 0) is 38.6 Å². The third-order valence-electron chi connectivity index (χ3n) is 5.32. The van der Waals surface area contributed by atoms with Crippen LogP contribution in [0.2, 0.25) is 0 Å². The highest BCUT2D eigenvalue weighted by Crippen LogP contribution is 2.13. The molecule has 3 rings (SSSR count). The first-order valence-corrected chi connectivity index (χ1v) is 10.9. The molecule has 0 saturated carbocycles. The largest absolute Gasteiger partial charge is 0.448 e. The molecule has 2 heterocycles. The number of nitrogens with zero attached hydrogens (tertiary/aromatic N) is 1. The number of benzene rings is 1. The molecule has 0 saturated heterocycles. The second kappa shape index (κ2) is 11.3. The number of hydrogen-bond acceptors (Lipinski definition) is 7. The number of aromatic nitrogens is 1. The number of fused-ring (bicyclic) bond motifs is 1. The average Bonchev–Trinajstić information content (AvgIpc) is 3.25. The molecule has 0 fully saturated rings. The molecular formula is C23H28N4O6. The summed E-state index contributed by atoms with van der Waals surface area (Å²) in [5.41, 5.74) is 1.49. The number of ketones is 1. The van der Waals surface area contributed by atoms with Crippen molar-refractivity contribution in [2.75, 3.05) is 6.54 Å². The lowest BCUT2D eigenvalue weighted by Gasteiger charge is -2.25. The number of oxazole rings is 1. The summed E-state index contributed by atoms with van der Waals surface area (Å²) in [5.74, 6) is -1.76. The van der Waals surface area contributed by atoms with Gasteiger partial charge in [0.05, 0.1) is 11.7 Å². The summed E-state index contributed by atoms with van der Waals surface area (Å²) in [7, 11) is 0. The van der Waals surface area contributed by atoms with E-state index in [0.717, 1.165) is 5.56 Å². The van der Waals surface area contributed by atoms with Crippen molar-refractivity contribution in [2.24, 2.45) is 5.92 Å². The summed E-state index contributed by atoms with van der Waals surface area (Å²) >= 11 is 0. The van der Waals surface area contributed by atoms with Crippen molar-refractivity contribution < 1.29 is 28.3 Å². The summed E-state index contributed by atoms with van der Waals surface area (Å²) in [6.45, 7) is 3.79. The van der Waals surface area contributed by atoms with Gasteiger partial charge < -0.3 is 25.1 Å². The Morgan fingerprint density at radius 2 is 1.97 bits per heavy atom. The number of rotatable bonds is 6. The van der Waals surface area contributed by atoms with Gasteiger partial charge in [-0.05, 0) is 24.3 Å². The van der Waals surface area contributed by atoms with Gasteiger partial charge in [0.25, 0.3) is 5.91 Å². The zero-order valence-electron chi connectivity index (χ0n) is 18.6. The molecule has 0 radical (unpaired) electrons. The minimum Gasteiger partial charge on any atom is -0.448 e. The monoisotopic (exact) mass is 456 g/mol. The van der Waals surface area contributed by atoms with Crippen molar-refractivity contribution in [1.29, 1.82) is 0 Å². The fourth-order valence-electron chi connectivity index (χ4n) is 3.47. The third kappa shape index (κ3) is 6.64. The van der Waals surface area contributed by atoms with E-state index >= 15 is 0 Å². The Balaban J connectivity index is 1.64. The Morgan fingerprint density at radius 3 is 2.70 bits per heavy atom. The molecule has 1 aliphatic heterocycles. The number of ether oxygens (including phenoxy) is 1. The molecule has 176 valence electrons. The van der Waals surface area contributed by atoms with Crippen LogP contribution in [0.1, 0.15) is 37.3 Å². The van der Waals surface area contributed by atoms with Crippen LogP contribution in [0.25, 0.3) is 0 Å². The maximum absolute atomic E-state index is 13.0. The van der Waals surface area contributed by atoms with Crippen LogP contribution in [0, 0.1) is 5.92 Å². The molecule has 2 atom stereocenters. The molecule has 1 aromatic carbocycles. The molecule has 3 amide bonds. The van der Waals surface area contributed by atoms with Crippen molar-refractivity contribution in [3.63, 3.8) is 0 Å². The second-order valence-electron chi connectivity index (χ2n) is 8.12. The second-order valence-corrected chi connectivity index (χ2v) is 8.12. The number of carbonyl (C=O) groups is 4. The normalized spacial score (nSPS) is 17.5. The molecule has 2 aromatic rings. The summed E-state index contributed by atoms with van der Waals surface area (Å²) in [6, 6.07) is 7.12. The van der Waals surface area contributed by atoms with E-state index in [4.69, 9.17) is 9.15 Å². The number of aryl methyl sites for hydroxylation is 1. The first-order chi connectivity index (χ1) is 15.8. The highest BCUT2D eigenvalue weighted by molar-refractivity contribution is 6.38. The van der Waals surface area contributed by atoms with Crippen LogP contribution in [0.4, 0.5) is 4.79 Å². The first-order valence-electron chi connectivity index (χ1n) is 10.9. The van der Waals surface area contributed by atoms with E-state index in [9.17, 15) is 19.2 Å². The molecule has 1 aromatic heterocycles. The molecule has 33 heavy (non-hydrogen) atoms. The SMILES string of the molecule is CC(C)C(NC(=O)OCc1ccccc1)C(=O)NC1CCc2ncoc2CCNC(=O)C1=O. The summed E-state index contributed by atoms with van der Waals surface area (Å²) in [5, 5.41) is 7.71. The predicted molar refractivity (Wildman–Crippen MR) is 117 cm³/mol. The maximum atomic E-state index is 13.0. The van der Waals surface area contributed by atoms with E-state index in [0.29, 0.717) is 24.3 Å². The quantitative estimate of drug-likeness (QED) is 0.557. The Kier molecular flexibility index (Phi) is 8.17. The van der Waals surface area contributed by atoms with Crippen LogP contribution >= 0.6 is 0 Å². The van der Waals surface area contributed by atoms with E-state index < -0.39 is 35.8 Å². The number of Topliss-reactive ketones (excluding diaryl/α,β-unsaturated/α-hetero) is 1. The van der Waals surface area contributed by atoms with Crippen molar-refractivity contribution >= 4 is 23.7 Å². The molecule has 1 aliphatic rings. The van der Waals surface area contributed by atoms with Crippen LogP contribution in [0.3, 0.4) is 0 Å². The lowest BCUT2D eigenvalue weighted by molar-refractivity contribution is -0.140. The fourth-order valence-corrected chi connectivity index (χ4v) is 3.47. The topological polar surface area (TPSA) is 140 Å². The van der Waals surface area contributed by atoms with Crippen LogP contribution in [0.5, 0.6) is 0 Å². The van der Waals surface area contributed by atoms with Gasteiger partial charge in [-0.15, -0.1) is 0 Å². The summed E-state index contributed by atoms with van der Waals surface area (Å²) in [4.78, 5) is 54.3. The Bertz CT molecular complexity index is 988. The van der Waals surface area contributed by atoms with E-state index in [1.165, 1.54) is 6.39 Å². The van der Waals surface area contributed by atoms with Crippen molar-refractivity contribution in [2.45, 2.75) is 51.8 Å². The van der Waals surface area contributed by atoms with E-state index in [-0.39, 0.29) is 25.5 Å². The minimum atomic E-state index is -1.07. The standard InChI is InChI=1S/C23H28N4O6/c1-14(2)19(27-23(31)32-12-15-6-4-3-5-7-15)21(29)26-17-9-8-16-18(33-13-25-16)10-11-24-22(30)20(17)28/h3-7,13-14,17,19H,8-12H2,1-2H3,(H,24,30)(H,26,29)(H,27,31). The number of hydrogen-bond donors (Lipinski definition) is 3. The van der Waals surface area contributed by atoms with Gasteiger partial charge in [-0.3, -0.25) is 14.4 Å². The molecule has 0 bridgehead atoms. The first kappa shape index (κ1) is 24.0. The van der Waals surface area contributed by atoms with Gasteiger partial charge in [-0.2, -0.15) is 0 Å². The Morgan fingerprint density at radius 1 is 1.21 bits per heavy atom. The zero-order valence-corrected chi connectivity index (χ0v) is 18.6.